The third-order valence-corrected chi connectivity index (χ3v) is 8.64. The average Bonchev–Trinajstić information content (AvgIpc) is 3.11. The van der Waals surface area contributed by atoms with Gasteiger partial charge in [0.15, 0.2) is 18.5 Å². The van der Waals surface area contributed by atoms with Gasteiger partial charge >= 0.3 is 72.8 Å². The van der Waals surface area contributed by atoms with Gasteiger partial charge in [-0.25, -0.2) is 29.3 Å². The van der Waals surface area contributed by atoms with E-state index in [4.69, 9.17) is 27.9 Å². The van der Waals surface area contributed by atoms with Crippen LogP contribution in [0.4, 0.5) is 0 Å². The monoisotopic (exact) mass is 902 g/mol. The molecule has 2 aliphatic rings. The summed E-state index contributed by atoms with van der Waals surface area (Å²) in [6, 6.07) is 0. The van der Waals surface area contributed by atoms with Crippen LogP contribution in [-0.2, 0) is 116 Å². The highest BCUT2D eigenvalue weighted by Crippen LogP contribution is 2.42. The molecule has 9 atom stereocenters. The molecular weight excluding hydrogens is 881 g/mol. The predicted octanol–water partition coefficient (Wildman–Crippen LogP) is -6.61. The highest BCUT2D eigenvalue weighted by molar-refractivity contribution is 7.82. The summed E-state index contributed by atoms with van der Waals surface area (Å²) in [5.41, 5.74) is 0. The number of ether oxygens (including phenoxy) is 3. The van der Waals surface area contributed by atoms with Crippen molar-refractivity contribution in [2.24, 2.45) is 0 Å². The largest absolute Gasteiger partial charge is 0.397 e. The highest BCUT2D eigenvalue weighted by atomic mass is 32.3. The van der Waals surface area contributed by atoms with Crippen LogP contribution < -0.4 is 0 Å². The molecule has 0 amide bonds. The highest BCUT2D eigenvalue weighted by Gasteiger charge is 2.65. The van der Waals surface area contributed by atoms with Gasteiger partial charge in [0.2, 0.25) is 5.79 Å². The Labute approximate surface area is 286 Å². The lowest BCUT2D eigenvalue weighted by Crippen LogP contribution is -2.65. The fourth-order valence-electron chi connectivity index (χ4n) is 4.10. The van der Waals surface area contributed by atoms with Crippen LogP contribution in [-0.4, -0.2) is 171 Å². The first-order valence-electron chi connectivity index (χ1n) is 11.7. The van der Waals surface area contributed by atoms with E-state index in [0.29, 0.717) is 0 Å². The second-order valence-corrected chi connectivity index (χ2v) is 16.5. The Kier molecular flexibility index (Phi) is 14.4. The lowest BCUT2D eigenvalue weighted by atomic mass is 9.99. The summed E-state index contributed by atoms with van der Waals surface area (Å²) in [6.45, 7) is -5.78. The predicted molar refractivity (Wildman–Crippen MR) is 142 cm³/mol. The molecule has 0 aliphatic carbocycles. The topological polar surface area (TPSA) is 493 Å². The summed E-state index contributed by atoms with van der Waals surface area (Å²) in [7, 11) is -41.7. The van der Waals surface area contributed by atoms with Crippen molar-refractivity contribution in [3.05, 3.63) is 0 Å². The van der Waals surface area contributed by atoms with Crippen LogP contribution >= 0.6 is 0 Å². The van der Waals surface area contributed by atoms with Crippen LogP contribution in [0, 0.1) is 0 Å². The molecule has 2 aliphatic heterocycles. The number of hydrogen-bond donors (Lipinski definition) is 8. The molecule has 0 aromatic heterocycles. The third kappa shape index (κ3) is 15.7. The molecule has 2 rings (SSSR count). The molecule has 0 aromatic rings. The molecule has 51 heavy (non-hydrogen) atoms. The molecule has 0 spiro atoms. The maximum atomic E-state index is 11.8. The SMILES string of the molecule is O=S(=O)(O)OCC1OC(COS(=O)(=O)O)(OC2OC(CO)C(OS(=O)(=O)O)C(OS(=O)(=O)O)C2OS(=O)(=O)O)C(OS(=O)(=O)O)C1OS(=O)(=O)O. The minimum atomic E-state index is -6.14. The number of rotatable bonds is 19. The first kappa shape index (κ1) is 46.1. The molecule has 2 fully saturated rings. The zero-order valence-electron chi connectivity index (χ0n) is 23.5. The number of aliphatic hydroxyl groups excluding tert-OH is 1. The van der Waals surface area contributed by atoms with E-state index in [2.05, 4.69) is 29.3 Å². The summed E-state index contributed by atoms with van der Waals surface area (Å²) in [4.78, 5) is 0. The van der Waals surface area contributed by atoms with E-state index in [1.807, 2.05) is 0 Å². The van der Waals surface area contributed by atoms with Gasteiger partial charge in [-0.2, -0.15) is 58.9 Å². The van der Waals surface area contributed by atoms with Crippen LogP contribution in [0.5, 0.6) is 0 Å². The summed E-state index contributed by atoms with van der Waals surface area (Å²) in [5, 5.41) is 9.78. The van der Waals surface area contributed by atoms with Crippen molar-refractivity contribution in [2.75, 3.05) is 19.8 Å². The second-order valence-electron chi connectivity index (χ2n) is 9.11. The molecule has 0 bridgehead atoms. The zero-order valence-corrected chi connectivity index (χ0v) is 29.2. The van der Waals surface area contributed by atoms with Gasteiger partial charge in [0.1, 0.15) is 37.1 Å². The molecule has 39 heteroatoms. The average molecular weight is 903 g/mol. The fourth-order valence-corrected chi connectivity index (χ4v) is 7.24. The van der Waals surface area contributed by atoms with Crippen LogP contribution in [0.25, 0.3) is 0 Å². The Hall–Kier alpha value is -1.07. The Bertz CT molecular complexity index is 2020. The lowest BCUT2D eigenvalue weighted by Gasteiger charge is -2.45. The molecule has 32 nitrogen and oxygen atoms in total. The van der Waals surface area contributed by atoms with Gasteiger partial charge < -0.3 is 19.3 Å². The van der Waals surface area contributed by atoms with E-state index in [-0.39, 0.29) is 0 Å². The van der Waals surface area contributed by atoms with Gasteiger partial charge in [0.05, 0.1) is 13.2 Å². The van der Waals surface area contributed by atoms with Gasteiger partial charge in [-0.3, -0.25) is 31.9 Å². The third-order valence-electron chi connectivity index (χ3n) is 5.48. The minimum Gasteiger partial charge on any atom is -0.394 e. The van der Waals surface area contributed by atoms with Crippen molar-refractivity contribution >= 4 is 72.8 Å². The van der Waals surface area contributed by atoms with Crippen molar-refractivity contribution in [2.45, 2.75) is 54.8 Å². The van der Waals surface area contributed by atoms with Crippen molar-refractivity contribution in [1.82, 2.24) is 0 Å². The van der Waals surface area contributed by atoms with Crippen molar-refractivity contribution < 1.29 is 139 Å². The molecule has 304 valence electrons. The zero-order chi connectivity index (χ0) is 39.8. The Morgan fingerprint density at radius 2 is 0.902 bits per heavy atom. The molecule has 2 saturated heterocycles. The van der Waals surface area contributed by atoms with E-state index in [1.54, 1.807) is 0 Å². The van der Waals surface area contributed by atoms with Crippen LogP contribution in [0.3, 0.4) is 0 Å². The molecule has 8 N–H and O–H groups in total. The van der Waals surface area contributed by atoms with Gasteiger partial charge in [-0.15, -0.1) is 0 Å². The van der Waals surface area contributed by atoms with Crippen molar-refractivity contribution in [1.29, 1.82) is 0 Å². The van der Waals surface area contributed by atoms with Crippen molar-refractivity contribution in [3.63, 3.8) is 0 Å². The Morgan fingerprint density at radius 3 is 1.31 bits per heavy atom. The van der Waals surface area contributed by atoms with E-state index >= 15 is 0 Å². The second kappa shape index (κ2) is 16.0. The van der Waals surface area contributed by atoms with Gasteiger partial charge in [-0.05, 0) is 0 Å². The van der Waals surface area contributed by atoms with Gasteiger partial charge in [-0.1, -0.05) is 0 Å². The quantitative estimate of drug-likeness (QED) is 0.0559. The summed E-state index contributed by atoms with van der Waals surface area (Å²) >= 11 is 0. The maximum absolute atomic E-state index is 11.8. The van der Waals surface area contributed by atoms with Crippen LogP contribution in [0.1, 0.15) is 0 Å². The molecule has 0 radical (unpaired) electrons. The molecule has 0 aromatic carbocycles. The molecule has 2 heterocycles. The van der Waals surface area contributed by atoms with E-state index in [1.165, 1.54) is 0 Å². The maximum Gasteiger partial charge on any atom is 0.397 e. The normalized spacial score (nSPS) is 31.8. The number of hydrogen-bond acceptors (Lipinski definition) is 25. The van der Waals surface area contributed by atoms with Crippen molar-refractivity contribution in [3.8, 4) is 0 Å². The Balaban J connectivity index is 2.99. The Morgan fingerprint density at radius 1 is 0.490 bits per heavy atom. The molecule has 9 unspecified atom stereocenters. The molecular formula is C12H22O32S7. The van der Waals surface area contributed by atoms with E-state index in [9.17, 15) is 82.2 Å². The molecule has 0 saturated carbocycles. The lowest BCUT2D eigenvalue weighted by molar-refractivity contribution is -0.374. The summed E-state index contributed by atoms with van der Waals surface area (Å²) < 4.78 is 270. The van der Waals surface area contributed by atoms with Crippen LogP contribution in [0.15, 0.2) is 0 Å². The minimum absolute atomic E-state index is 1.69. The standard InChI is InChI=1S/C12H22O32S7/c13-1-4-6(40-47(20,21)22)8(42-49(26,27)28)9(43-50(29,30)31)11(37-4)39-12(3-36-46(17,18)19)10(44-51(32,33)34)7(41-48(23,24)25)5(38-12)2-35-45(14,15)16/h4-11,13H,1-3H2,(H,14,15,16)(H,17,18,19)(H,20,21,22)(H,23,24,25)(H,26,27,28)(H,29,30,31)(H,32,33,34). The van der Waals surface area contributed by atoms with Gasteiger partial charge in [0, 0.05) is 0 Å². The van der Waals surface area contributed by atoms with Crippen LogP contribution in [0.2, 0.25) is 0 Å². The van der Waals surface area contributed by atoms with E-state index in [0.717, 1.165) is 0 Å². The van der Waals surface area contributed by atoms with E-state index < -0.39 is 147 Å². The first-order chi connectivity index (χ1) is 22.5. The number of aliphatic hydroxyl groups is 1. The summed E-state index contributed by atoms with van der Waals surface area (Å²) in [5.74, 6) is -3.97. The van der Waals surface area contributed by atoms with Gasteiger partial charge in [0.25, 0.3) is 0 Å². The summed E-state index contributed by atoms with van der Waals surface area (Å²) in [6.07, 6.45) is -24.5. The smallest absolute Gasteiger partial charge is 0.394 e. The fraction of sp³-hybridized carbons (Fsp3) is 1.00. The first-order valence-corrected chi connectivity index (χ1v) is 21.2.